The summed E-state index contributed by atoms with van der Waals surface area (Å²) in [6.45, 7) is 0.217. The Morgan fingerprint density at radius 1 is 0.906 bits per heavy atom. The predicted molar refractivity (Wildman–Crippen MR) is 121 cm³/mol. The molecule has 0 bridgehead atoms. The molecule has 0 atom stereocenters. The molecule has 0 radical (unpaired) electrons. The smallest absolute Gasteiger partial charge is 0.240 e. The number of fused-ring (bicyclic) bond motifs is 1. The van der Waals surface area contributed by atoms with Gasteiger partial charge >= 0.3 is 0 Å². The van der Waals surface area contributed by atoms with E-state index in [1.807, 2.05) is 6.07 Å². The summed E-state index contributed by atoms with van der Waals surface area (Å²) in [5, 5.41) is 2.78. The standard InChI is InChI=1S/C23H30N2O6S/c1-29-20-14-22(31-3)21(30-2)13-18(20)15-24-23(26)10-11-25-32(27,28)19-9-8-16-6-4-5-7-17(16)12-19/h8-9,12-14,25H,4-7,10-11,15H2,1-3H3,(H,24,26). The third-order valence-electron chi connectivity index (χ3n) is 5.54. The first-order valence-corrected chi connectivity index (χ1v) is 12.0. The third-order valence-corrected chi connectivity index (χ3v) is 7.00. The zero-order valence-electron chi connectivity index (χ0n) is 18.7. The largest absolute Gasteiger partial charge is 0.496 e. The minimum absolute atomic E-state index is 0.00825. The molecule has 0 fully saturated rings. The first kappa shape index (κ1) is 23.9. The minimum Gasteiger partial charge on any atom is -0.496 e. The number of aryl methyl sites for hydroxylation is 2. The van der Waals surface area contributed by atoms with Gasteiger partial charge in [-0.25, -0.2) is 13.1 Å². The number of carbonyl (C=O) groups excluding carboxylic acids is 1. The number of methoxy groups -OCH3 is 3. The fraction of sp³-hybridized carbons (Fsp3) is 0.435. The molecule has 174 valence electrons. The summed E-state index contributed by atoms with van der Waals surface area (Å²) in [5.41, 5.74) is 3.04. The van der Waals surface area contributed by atoms with Crippen LogP contribution in [0, 0.1) is 0 Å². The summed E-state index contributed by atoms with van der Waals surface area (Å²) in [7, 11) is 0.926. The molecule has 0 aliphatic heterocycles. The molecule has 0 spiro atoms. The Balaban J connectivity index is 1.54. The minimum atomic E-state index is -3.66. The van der Waals surface area contributed by atoms with Crippen molar-refractivity contribution in [2.75, 3.05) is 27.9 Å². The number of rotatable bonds is 10. The molecule has 2 aromatic rings. The summed E-state index contributed by atoms with van der Waals surface area (Å²) >= 11 is 0. The number of amides is 1. The summed E-state index contributed by atoms with van der Waals surface area (Å²) < 4.78 is 43.6. The Hall–Kier alpha value is -2.78. The number of nitrogens with one attached hydrogen (secondary N) is 2. The van der Waals surface area contributed by atoms with Crippen molar-refractivity contribution in [2.24, 2.45) is 0 Å². The van der Waals surface area contributed by atoms with Crippen LogP contribution in [-0.4, -0.2) is 42.2 Å². The van der Waals surface area contributed by atoms with Gasteiger partial charge in [-0.1, -0.05) is 6.07 Å². The van der Waals surface area contributed by atoms with Crippen LogP contribution >= 0.6 is 0 Å². The molecule has 2 aromatic carbocycles. The second kappa shape index (κ2) is 10.7. The molecule has 32 heavy (non-hydrogen) atoms. The van der Waals surface area contributed by atoms with Gasteiger partial charge < -0.3 is 19.5 Å². The van der Waals surface area contributed by atoms with Gasteiger partial charge in [0.25, 0.3) is 0 Å². The van der Waals surface area contributed by atoms with Crippen LogP contribution in [0.4, 0.5) is 0 Å². The lowest BCUT2D eigenvalue weighted by molar-refractivity contribution is -0.121. The maximum absolute atomic E-state index is 12.6. The number of hydrogen-bond acceptors (Lipinski definition) is 6. The molecular formula is C23H30N2O6S. The summed E-state index contributed by atoms with van der Waals surface area (Å²) in [6, 6.07) is 8.70. The van der Waals surface area contributed by atoms with Gasteiger partial charge in [-0.15, -0.1) is 0 Å². The number of carbonyl (C=O) groups is 1. The van der Waals surface area contributed by atoms with E-state index in [2.05, 4.69) is 10.0 Å². The first-order chi connectivity index (χ1) is 15.4. The van der Waals surface area contributed by atoms with Crippen molar-refractivity contribution in [1.29, 1.82) is 0 Å². The molecule has 8 nitrogen and oxygen atoms in total. The highest BCUT2D eigenvalue weighted by Crippen LogP contribution is 2.34. The molecule has 0 saturated carbocycles. The third kappa shape index (κ3) is 5.72. The Morgan fingerprint density at radius 3 is 2.25 bits per heavy atom. The van der Waals surface area contributed by atoms with E-state index in [0.717, 1.165) is 31.2 Å². The Kier molecular flexibility index (Phi) is 7.98. The van der Waals surface area contributed by atoms with Gasteiger partial charge in [-0.05, 0) is 55.0 Å². The molecule has 0 unspecified atom stereocenters. The Labute approximate surface area is 189 Å². The van der Waals surface area contributed by atoms with E-state index in [1.54, 1.807) is 24.3 Å². The van der Waals surface area contributed by atoms with Crippen LogP contribution in [0.1, 0.15) is 36.0 Å². The molecule has 1 amide bonds. The molecular weight excluding hydrogens is 432 g/mol. The van der Waals surface area contributed by atoms with Gasteiger partial charge in [0.15, 0.2) is 11.5 Å². The molecule has 0 heterocycles. The van der Waals surface area contributed by atoms with E-state index in [9.17, 15) is 13.2 Å². The number of hydrogen-bond donors (Lipinski definition) is 2. The average molecular weight is 463 g/mol. The van der Waals surface area contributed by atoms with Crippen molar-refractivity contribution in [1.82, 2.24) is 10.0 Å². The first-order valence-electron chi connectivity index (χ1n) is 10.5. The lowest BCUT2D eigenvalue weighted by atomic mass is 9.92. The summed E-state index contributed by atoms with van der Waals surface area (Å²) in [6.07, 6.45) is 4.13. The summed E-state index contributed by atoms with van der Waals surface area (Å²) in [4.78, 5) is 12.5. The van der Waals surface area contributed by atoms with Crippen molar-refractivity contribution in [3.05, 3.63) is 47.0 Å². The van der Waals surface area contributed by atoms with Crippen LogP contribution in [0.2, 0.25) is 0 Å². The van der Waals surface area contributed by atoms with Crippen LogP contribution in [0.3, 0.4) is 0 Å². The monoisotopic (exact) mass is 462 g/mol. The van der Waals surface area contributed by atoms with Gasteiger partial charge in [0.05, 0.1) is 26.2 Å². The molecule has 3 rings (SSSR count). The number of sulfonamides is 1. The Morgan fingerprint density at radius 2 is 1.56 bits per heavy atom. The van der Waals surface area contributed by atoms with E-state index in [4.69, 9.17) is 14.2 Å². The number of benzene rings is 2. The van der Waals surface area contributed by atoms with Crippen molar-refractivity contribution >= 4 is 15.9 Å². The molecule has 2 N–H and O–H groups in total. The zero-order chi connectivity index (χ0) is 23.1. The highest BCUT2D eigenvalue weighted by molar-refractivity contribution is 7.89. The highest BCUT2D eigenvalue weighted by atomic mass is 32.2. The van der Waals surface area contributed by atoms with E-state index < -0.39 is 10.0 Å². The fourth-order valence-electron chi connectivity index (χ4n) is 3.77. The van der Waals surface area contributed by atoms with Crippen LogP contribution in [0.5, 0.6) is 17.2 Å². The quantitative estimate of drug-likeness (QED) is 0.563. The van der Waals surface area contributed by atoms with Crippen LogP contribution in [0.15, 0.2) is 35.2 Å². The lowest BCUT2D eigenvalue weighted by Gasteiger charge is -2.17. The molecule has 0 saturated heterocycles. The van der Waals surface area contributed by atoms with E-state index >= 15 is 0 Å². The van der Waals surface area contributed by atoms with Gasteiger partial charge in [0, 0.05) is 31.1 Å². The van der Waals surface area contributed by atoms with E-state index in [1.165, 1.54) is 26.9 Å². The molecule has 1 aliphatic carbocycles. The number of ether oxygens (including phenoxy) is 3. The average Bonchev–Trinajstić information content (AvgIpc) is 2.81. The lowest BCUT2D eigenvalue weighted by Crippen LogP contribution is -2.30. The van der Waals surface area contributed by atoms with E-state index in [-0.39, 0.29) is 30.3 Å². The van der Waals surface area contributed by atoms with Gasteiger partial charge in [0.2, 0.25) is 15.9 Å². The SMILES string of the molecule is COc1cc(OC)c(OC)cc1CNC(=O)CCNS(=O)(=O)c1ccc2c(c1)CCCC2. The Bertz CT molecular complexity index is 1070. The maximum atomic E-state index is 12.6. The second-order valence-corrected chi connectivity index (χ2v) is 9.35. The van der Waals surface area contributed by atoms with Crippen LogP contribution in [-0.2, 0) is 34.2 Å². The van der Waals surface area contributed by atoms with Crippen molar-refractivity contribution in [3.8, 4) is 17.2 Å². The topological polar surface area (TPSA) is 103 Å². The van der Waals surface area contributed by atoms with Gasteiger partial charge in [-0.2, -0.15) is 0 Å². The summed E-state index contributed by atoms with van der Waals surface area (Å²) in [5.74, 6) is 1.32. The van der Waals surface area contributed by atoms with Gasteiger partial charge in [-0.3, -0.25) is 4.79 Å². The van der Waals surface area contributed by atoms with Crippen LogP contribution < -0.4 is 24.2 Å². The van der Waals surface area contributed by atoms with Crippen molar-refractivity contribution in [2.45, 2.75) is 43.5 Å². The zero-order valence-corrected chi connectivity index (χ0v) is 19.5. The van der Waals surface area contributed by atoms with Crippen LogP contribution in [0.25, 0.3) is 0 Å². The van der Waals surface area contributed by atoms with Crippen molar-refractivity contribution < 1.29 is 27.4 Å². The second-order valence-electron chi connectivity index (χ2n) is 7.58. The van der Waals surface area contributed by atoms with E-state index in [0.29, 0.717) is 22.8 Å². The predicted octanol–water partition coefficient (Wildman–Crippen LogP) is 2.58. The van der Waals surface area contributed by atoms with Gasteiger partial charge in [0.1, 0.15) is 5.75 Å². The molecule has 0 aromatic heterocycles. The van der Waals surface area contributed by atoms with Crippen molar-refractivity contribution in [3.63, 3.8) is 0 Å². The molecule has 9 heteroatoms. The maximum Gasteiger partial charge on any atom is 0.240 e. The highest BCUT2D eigenvalue weighted by Gasteiger charge is 2.18. The molecule has 1 aliphatic rings. The fourth-order valence-corrected chi connectivity index (χ4v) is 4.85. The normalized spacial score (nSPS) is 13.2.